The minimum Gasteiger partial charge on any atom is -0.506 e. The van der Waals surface area contributed by atoms with Crippen molar-refractivity contribution in [2.75, 3.05) is 0 Å². The smallest absolute Gasteiger partial charge is 0.134 e. The van der Waals surface area contributed by atoms with Gasteiger partial charge in [-0.1, -0.05) is 0 Å². The van der Waals surface area contributed by atoms with Crippen molar-refractivity contribution < 1.29 is 5.11 Å². The van der Waals surface area contributed by atoms with Gasteiger partial charge < -0.3 is 5.11 Å². The van der Waals surface area contributed by atoms with E-state index in [0.717, 1.165) is 19.2 Å². The third-order valence-electron chi connectivity index (χ3n) is 1.82. The maximum atomic E-state index is 9.52. The van der Waals surface area contributed by atoms with Crippen molar-refractivity contribution in [2.45, 2.75) is 5.88 Å². The molecule has 68 valence electrons. The van der Waals surface area contributed by atoms with Crippen LogP contribution in [0.25, 0.3) is 10.1 Å². The summed E-state index contributed by atoms with van der Waals surface area (Å²) in [5.41, 5.74) is 1.05. The van der Waals surface area contributed by atoms with Crippen LogP contribution in [-0.2, 0) is 5.88 Å². The largest absolute Gasteiger partial charge is 0.506 e. The molecule has 2 aromatic rings. The molecular formula is C9H6ClIOS. The molecular weight excluding hydrogens is 319 g/mol. The Balaban J connectivity index is 2.80. The number of benzene rings is 1. The van der Waals surface area contributed by atoms with E-state index < -0.39 is 0 Å². The number of thiophene rings is 1. The molecule has 13 heavy (non-hydrogen) atoms. The van der Waals surface area contributed by atoms with Gasteiger partial charge in [-0.05, 0) is 40.3 Å². The predicted molar refractivity (Wildman–Crippen MR) is 65.8 cm³/mol. The number of alkyl halides is 1. The Morgan fingerprint density at radius 3 is 2.92 bits per heavy atom. The molecule has 0 bridgehead atoms. The fraction of sp³-hybridized carbons (Fsp3) is 0.111. The fourth-order valence-corrected chi connectivity index (χ4v) is 3.26. The molecule has 0 aliphatic heterocycles. The van der Waals surface area contributed by atoms with Gasteiger partial charge >= 0.3 is 0 Å². The highest BCUT2D eigenvalue weighted by atomic mass is 127. The van der Waals surface area contributed by atoms with Gasteiger partial charge in [-0.3, -0.25) is 0 Å². The third-order valence-corrected chi connectivity index (χ3v) is 4.36. The summed E-state index contributed by atoms with van der Waals surface area (Å²) in [6, 6.07) is 3.99. The van der Waals surface area contributed by atoms with Crippen LogP contribution in [0.5, 0.6) is 5.75 Å². The lowest BCUT2D eigenvalue weighted by Gasteiger charge is -1.99. The van der Waals surface area contributed by atoms with Crippen LogP contribution in [0.3, 0.4) is 0 Å². The Bertz CT molecular complexity index is 452. The molecule has 1 nitrogen and oxygen atoms in total. The molecule has 0 aliphatic carbocycles. The van der Waals surface area contributed by atoms with Gasteiger partial charge in [0.2, 0.25) is 0 Å². The number of aromatic hydroxyl groups is 1. The summed E-state index contributed by atoms with van der Waals surface area (Å²) in [7, 11) is 0. The molecule has 0 saturated heterocycles. The summed E-state index contributed by atoms with van der Waals surface area (Å²) in [4.78, 5) is 0. The average molecular weight is 325 g/mol. The van der Waals surface area contributed by atoms with Gasteiger partial charge in [0.1, 0.15) is 5.75 Å². The highest BCUT2D eigenvalue weighted by molar-refractivity contribution is 14.1. The van der Waals surface area contributed by atoms with Crippen molar-refractivity contribution in [3.8, 4) is 5.75 Å². The topological polar surface area (TPSA) is 20.2 Å². The molecule has 0 amide bonds. The quantitative estimate of drug-likeness (QED) is 0.622. The minimum atomic E-state index is 0.352. The van der Waals surface area contributed by atoms with E-state index in [1.807, 2.05) is 12.1 Å². The number of halogens is 2. The molecule has 0 radical (unpaired) electrons. The summed E-state index contributed by atoms with van der Waals surface area (Å²) in [6.45, 7) is 0. The van der Waals surface area contributed by atoms with E-state index in [2.05, 4.69) is 22.6 Å². The molecule has 0 aliphatic rings. The second kappa shape index (κ2) is 3.63. The first-order valence-corrected chi connectivity index (χ1v) is 6.16. The molecule has 2 rings (SSSR count). The van der Waals surface area contributed by atoms with Gasteiger partial charge in [0, 0.05) is 20.2 Å². The van der Waals surface area contributed by atoms with Crippen LogP contribution in [0.1, 0.15) is 5.56 Å². The summed E-state index contributed by atoms with van der Waals surface area (Å²) >= 11 is 9.56. The Morgan fingerprint density at radius 1 is 1.46 bits per heavy atom. The zero-order valence-electron chi connectivity index (χ0n) is 6.55. The van der Waals surface area contributed by atoms with Crippen LogP contribution in [0.15, 0.2) is 17.5 Å². The van der Waals surface area contributed by atoms with Crippen molar-refractivity contribution in [2.24, 2.45) is 0 Å². The van der Waals surface area contributed by atoms with Crippen LogP contribution < -0.4 is 0 Å². The van der Waals surface area contributed by atoms with Gasteiger partial charge in [-0.2, -0.15) is 0 Å². The lowest BCUT2D eigenvalue weighted by Crippen LogP contribution is -1.79. The van der Waals surface area contributed by atoms with Crippen LogP contribution in [-0.4, -0.2) is 5.11 Å². The van der Waals surface area contributed by atoms with Crippen LogP contribution in [0.4, 0.5) is 0 Å². The maximum absolute atomic E-state index is 9.52. The van der Waals surface area contributed by atoms with Crippen molar-refractivity contribution in [3.63, 3.8) is 0 Å². The molecule has 1 aromatic carbocycles. The molecule has 1 heterocycles. The minimum absolute atomic E-state index is 0.352. The SMILES string of the molecule is Oc1csc2c(I)cc(CCl)cc12. The first-order valence-electron chi connectivity index (χ1n) is 3.67. The predicted octanol–water partition coefficient (Wildman–Crippen LogP) is 3.95. The molecule has 0 unspecified atom stereocenters. The normalized spacial score (nSPS) is 10.9. The second-order valence-corrected chi connectivity index (χ2v) is 5.02. The summed E-state index contributed by atoms with van der Waals surface area (Å²) in [5.74, 6) is 0.839. The van der Waals surface area contributed by atoms with E-state index in [1.165, 1.54) is 0 Å². The number of hydrogen-bond donors (Lipinski definition) is 1. The summed E-state index contributed by atoms with van der Waals surface area (Å²) in [5, 5.41) is 12.2. The molecule has 1 N–H and O–H groups in total. The molecule has 0 spiro atoms. The third kappa shape index (κ3) is 1.65. The van der Waals surface area contributed by atoms with Gasteiger partial charge in [0.25, 0.3) is 0 Å². The van der Waals surface area contributed by atoms with Gasteiger partial charge in [0.15, 0.2) is 0 Å². The van der Waals surface area contributed by atoms with Gasteiger partial charge in [0.05, 0.1) is 4.70 Å². The summed E-state index contributed by atoms with van der Waals surface area (Å²) in [6.07, 6.45) is 0. The first kappa shape index (κ1) is 9.55. The van der Waals surface area contributed by atoms with Gasteiger partial charge in [-0.15, -0.1) is 22.9 Å². The Hall–Kier alpha value is -0.0000000000000000555. The zero-order chi connectivity index (χ0) is 9.42. The number of hydrogen-bond acceptors (Lipinski definition) is 2. The van der Waals surface area contributed by atoms with Crippen molar-refractivity contribution >= 4 is 55.6 Å². The van der Waals surface area contributed by atoms with Crippen molar-refractivity contribution in [1.29, 1.82) is 0 Å². The standard InChI is InChI=1S/C9H6ClIOS/c10-3-5-1-6-8(12)4-13-9(6)7(11)2-5/h1-2,4,12H,3H2. The van der Waals surface area contributed by atoms with Crippen molar-refractivity contribution in [3.05, 3.63) is 26.6 Å². The molecule has 4 heteroatoms. The van der Waals surface area contributed by atoms with E-state index in [0.29, 0.717) is 11.6 Å². The first-order chi connectivity index (χ1) is 6.22. The van der Waals surface area contributed by atoms with E-state index in [1.54, 1.807) is 16.7 Å². The Morgan fingerprint density at radius 2 is 2.23 bits per heavy atom. The van der Waals surface area contributed by atoms with E-state index >= 15 is 0 Å². The molecule has 0 atom stereocenters. The lowest BCUT2D eigenvalue weighted by molar-refractivity contribution is 0.483. The molecule has 0 saturated carbocycles. The van der Waals surface area contributed by atoms with E-state index in [4.69, 9.17) is 11.6 Å². The Labute approximate surface area is 98.5 Å². The zero-order valence-corrected chi connectivity index (χ0v) is 10.3. The highest BCUT2D eigenvalue weighted by Crippen LogP contribution is 2.35. The van der Waals surface area contributed by atoms with Crippen LogP contribution in [0.2, 0.25) is 0 Å². The highest BCUT2D eigenvalue weighted by Gasteiger charge is 2.07. The monoisotopic (exact) mass is 324 g/mol. The molecule has 1 aromatic heterocycles. The maximum Gasteiger partial charge on any atom is 0.134 e. The molecule has 0 fully saturated rings. The lowest BCUT2D eigenvalue weighted by atomic mass is 10.2. The average Bonchev–Trinajstić information content (AvgIpc) is 2.48. The van der Waals surface area contributed by atoms with Crippen LogP contribution in [0, 0.1) is 3.57 Å². The summed E-state index contributed by atoms with van der Waals surface area (Å²) < 4.78 is 2.28. The number of rotatable bonds is 1. The number of fused-ring (bicyclic) bond motifs is 1. The Kier molecular flexibility index (Phi) is 2.67. The van der Waals surface area contributed by atoms with E-state index in [-0.39, 0.29) is 0 Å². The van der Waals surface area contributed by atoms with E-state index in [9.17, 15) is 5.11 Å². The fourth-order valence-electron chi connectivity index (χ4n) is 1.21. The van der Waals surface area contributed by atoms with Crippen LogP contribution >= 0.6 is 45.5 Å². The van der Waals surface area contributed by atoms with Gasteiger partial charge in [-0.25, -0.2) is 0 Å². The van der Waals surface area contributed by atoms with Crippen molar-refractivity contribution in [1.82, 2.24) is 0 Å². The second-order valence-electron chi connectivity index (χ2n) is 2.71.